The summed E-state index contributed by atoms with van der Waals surface area (Å²) >= 11 is 0. The standard InChI is InChI=1S/C14H17N3O/c1-10(2)12-13(15-3)16-9-17-14(12)18-11-7-5-4-6-8-11/h4-10H,1-3H3,(H,15,16,17). The first kappa shape index (κ1) is 12.4. The van der Waals surface area contributed by atoms with Crippen LogP contribution in [0.3, 0.4) is 0 Å². The lowest BCUT2D eigenvalue weighted by molar-refractivity contribution is 0.452. The Balaban J connectivity index is 2.38. The van der Waals surface area contributed by atoms with Crippen LogP contribution in [-0.2, 0) is 0 Å². The predicted octanol–water partition coefficient (Wildman–Crippen LogP) is 3.43. The summed E-state index contributed by atoms with van der Waals surface area (Å²) in [7, 11) is 1.85. The summed E-state index contributed by atoms with van der Waals surface area (Å²) in [5.74, 6) is 2.48. The molecule has 4 heteroatoms. The van der Waals surface area contributed by atoms with E-state index in [-0.39, 0.29) is 5.92 Å². The van der Waals surface area contributed by atoms with Gasteiger partial charge in [0.1, 0.15) is 17.9 Å². The molecular formula is C14H17N3O. The Bertz CT molecular complexity index is 512. The van der Waals surface area contributed by atoms with Gasteiger partial charge in [-0.2, -0.15) is 0 Å². The molecule has 1 aromatic carbocycles. The van der Waals surface area contributed by atoms with Gasteiger partial charge in [0, 0.05) is 7.05 Å². The topological polar surface area (TPSA) is 47.0 Å². The van der Waals surface area contributed by atoms with Crippen LogP contribution in [0.1, 0.15) is 25.3 Å². The van der Waals surface area contributed by atoms with E-state index in [4.69, 9.17) is 4.74 Å². The zero-order chi connectivity index (χ0) is 13.0. The number of anilines is 1. The molecule has 0 bridgehead atoms. The van der Waals surface area contributed by atoms with E-state index >= 15 is 0 Å². The number of aromatic nitrogens is 2. The van der Waals surface area contributed by atoms with Gasteiger partial charge in [0.05, 0.1) is 5.56 Å². The van der Waals surface area contributed by atoms with E-state index in [1.54, 1.807) is 0 Å². The maximum atomic E-state index is 5.82. The smallest absolute Gasteiger partial charge is 0.227 e. The van der Waals surface area contributed by atoms with Crippen molar-refractivity contribution in [2.75, 3.05) is 12.4 Å². The van der Waals surface area contributed by atoms with Crippen LogP contribution >= 0.6 is 0 Å². The predicted molar refractivity (Wildman–Crippen MR) is 72.2 cm³/mol. The molecule has 0 atom stereocenters. The van der Waals surface area contributed by atoms with E-state index in [2.05, 4.69) is 29.1 Å². The third kappa shape index (κ3) is 2.59. The number of hydrogen-bond donors (Lipinski definition) is 1. The molecule has 0 aliphatic rings. The molecule has 2 aromatic rings. The van der Waals surface area contributed by atoms with Crippen molar-refractivity contribution >= 4 is 5.82 Å². The summed E-state index contributed by atoms with van der Waals surface area (Å²) in [6.45, 7) is 4.19. The number of rotatable bonds is 4. The zero-order valence-electron chi connectivity index (χ0n) is 10.8. The lowest BCUT2D eigenvalue weighted by atomic mass is 10.1. The number of para-hydroxylation sites is 1. The van der Waals surface area contributed by atoms with Gasteiger partial charge in [0.15, 0.2) is 0 Å². The Morgan fingerprint density at radius 1 is 1.11 bits per heavy atom. The van der Waals surface area contributed by atoms with Gasteiger partial charge in [-0.3, -0.25) is 0 Å². The molecule has 0 fully saturated rings. The van der Waals surface area contributed by atoms with Gasteiger partial charge in [-0.15, -0.1) is 0 Å². The van der Waals surface area contributed by atoms with Gasteiger partial charge in [0.25, 0.3) is 0 Å². The lowest BCUT2D eigenvalue weighted by Crippen LogP contribution is -2.04. The van der Waals surface area contributed by atoms with Crippen molar-refractivity contribution in [1.82, 2.24) is 9.97 Å². The molecule has 0 aliphatic heterocycles. The highest BCUT2D eigenvalue weighted by atomic mass is 16.5. The molecule has 1 N–H and O–H groups in total. The van der Waals surface area contributed by atoms with Crippen molar-refractivity contribution in [3.63, 3.8) is 0 Å². The third-order valence-electron chi connectivity index (χ3n) is 2.62. The molecule has 1 aromatic heterocycles. The summed E-state index contributed by atoms with van der Waals surface area (Å²) in [4.78, 5) is 8.45. The van der Waals surface area contributed by atoms with Crippen LogP contribution in [0.25, 0.3) is 0 Å². The maximum Gasteiger partial charge on any atom is 0.227 e. The Morgan fingerprint density at radius 2 is 1.83 bits per heavy atom. The first-order chi connectivity index (χ1) is 8.72. The van der Waals surface area contributed by atoms with Crippen LogP contribution in [0.2, 0.25) is 0 Å². The summed E-state index contributed by atoms with van der Waals surface area (Å²) in [5, 5.41) is 3.07. The van der Waals surface area contributed by atoms with Crippen molar-refractivity contribution < 1.29 is 4.74 Å². The monoisotopic (exact) mass is 243 g/mol. The molecule has 4 nitrogen and oxygen atoms in total. The highest BCUT2D eigenvalue weighted by molar-refractivity contribution is 5.51. The van der Waals surface area contributed by atoms with Gasteiger partial charge in [-0.25, -0.2) is 9.97 Å². The van der Waals surface area contributed by atoms with Crippen LogP contribution < -0.4 is 10.1 Å². The van der Waals surface area contributed by atoms with E-state index in [0.29, 0.717) is 5.88 Å². The van der Waals surface area contributed by atoms with Crippen LogP contribution in [-0.4, -0.2) is 17.0 Å². The maximum absolute atomic E-state index is 5.82. The van der Waals surface area contributed by atoms with Crippen LogP contribution in [0.4, 0.5) is 5.82 Å². The summed E-state index contributed by atoms with van der Waals surface area (Å²) < 4.78 is 5.82. The minimum Gasteiger partial charge on any atom is -0.439 e. The number of nitrogens with one attached hydrogen (secondary N) is 1. The van der Waals surface area contributed by atoms with Crippen molar-refractivity contribution in [2.45, 2.75) is 19.8 Å². The van der Waals surface area contributed by atoms with E-state index in [9.17, 15) is 0 Å². The molecule has 0 spiro atoms. The van der Waals surface area contributed by atoms with Crippen molar-refractivity contribution in [1.29, 1.82) is 0 Å². The second kappa shape index (κ2) is 5.49. The Morgan fingerprint density at radius 3 is 2.44 bits per heavy atom. The van der Waals surface area contributed by atoms with Crippen molar-refractivity contribution in [3.05, 3.63) is 42.2 Å². The second-order valence-corrected chi connectivity index (χ2v) is 4.26. The second-order valence-electron chi connectivity index (χ2n) is 4.26. The molecule has 1 heterocycles. The molecule has 0 unspecified atom stereocenters. The van der Waals surface area contributed by atoms with Gasteiger partial charge in [0.2, 0.25) is 5.88 Å². The molecule has 0 aliphatic carbocycles. The minimum atomic E-state index is 0.285. The van der Waals surface area contributed by atoms with E-state index in [1.807, 2.05) is 37.4 Å². The molecule has 94 valence electrons. The first-order valence-corrected chi connectivity index (χ1v) is 5.98. The van der Waals surface area contributed by atoms with E-state index < -0.39 is 0 Å². The quantitative estimate of drug-likeness (QED) is 0.893. The fourth-order valence-electron chi connectivity index (χ4n) is 1.78. The van der Waals surface area contributed by atoms with E-state index in [1.165, 1.54) is 6.33 Å². The molecule has 0 saturated carbocycles. The molecule has 18 heavy (non-hydrogen) atoms. The molecule has 0 amide bonds. The van der Waals surface area contributed by atoms with Gasteiger partial charge < -0.3 is 10.1 Å². The minimum absolute atomic E-state index is 0.285. The largest absolute Gasteiger partial charge is 0.439 e. The molecular weight excluding hydrogens is 226 g/mol. The van der Waals surface area contributed by atoms with Crippen LogP contribution in [0.5, 0.6) is 11.6 Å². The fourth-order valence-corrected chi connectivity index (χ4v) is 1.78. The Kier molecular flexibility index (Phi) is 3.77. The number of hydrogen-bond acceptors (Lipinski definition) is 4. The summed E-state index contributed by atoms with van der Waals surface area (Å²) in [6.07, 6.45) is 1.51. The van der Waals surface area contributed by atoms with Gasteiger partial charge in [-0.05, 0) is 18.1 Å². The van der Waals surface area contributed by atoms with Crippen LogP contribution in [0.15, 0.2) is 36.7 Å². The average molecular weight is 243 g/mol. The van der Waals surface area contributed by atoms with Gasteiger partial charge in [-0.1, -0.05) is 32.0 Å². The SMILES string of the molecule is CNc1ncnc(Oc2ccccc2)c1C(C)C. The van der Waals surface area contributed by atoms with Gasteiger partial charge >= 0.3 is 0 Å². The van der Waals surface area contributed by atoms with E-state index in [0.717, 1.165) is 17.1 Å². The average Bonchev–Trinajstić information content (AvgIpc) is 2.39. The molecule has 0 radical (unpaired) electrons. The van der Waals surface area contributed by atoms with Crippen molar-refractivity contribution in [2.24, 2.45) is 0 Å². The molecule has 2 rings (SSSR count). The Labute approximate surface area is 107 Å². The first-order valence-electron chi connectivity index (χ1n) is 5.98. The Hall–Kier alpha value is -2.10. The summed E-state index contributed by atoms with van der Waals surface area (Å²) in [6, 6.07) is 9.64. The number of benzene rings is 1. The third-order valence-corrected chi connectivity index (χ3v) is 2.62. The fraction of sp³-hybridized carbons (Fsp3) is 0.286. The zero-order valence-corrected chi connectivity index (χ0v) is 10.8. The highest BCUT2D eigenvalue weighted by Gasteiger charge is 2.15. The number of ether oxygens (including phenoxy) is 1. The summed E-state index contributed by atoms with van der Waals surface area (Å²) in [5.41, 5.74) is 0.990. The van der Waals surface area contributed by atoms with Crippen molar-refractivity contribution in [3.8, 4) is 11.6 Å². The number of nitrogens with zero attached hydrogens (tertiary/aromatic N) is 2. The normalized spacial score (nSPS) is 10.4. The molecule has 0 saturated heterocycles. The highest BCUT2D eigenvalue weighted by Crippen LogP contribution is 2.32. The van der Waals surface area contributed by atoms with Crippen LogP contribution in [0, 0.1) is 0 Å². The lowest BCUT2D eigenvalue weighted by Gasteiger charge is -2.15.